The van der Waals surface area contributed by atoms with Gasteiger partial charge >= 0.3 is 0 Å². The van der Waals surface area contributed by atoms with Crippen LogP contribution < -0.4 is 11.1 Å². The number of primary amides is 1. The summed E-state index contributed by atoms with van der Waals surface area (Å²) in [6.07, 6.45) is -0.395. The Kier molecular flexibility index (Phi) is 5.04. The van der Waals surface area contributed by atoms with Crippen LogP contribution in [-0.2, 0) is 14.3 Å². The summed E-state index contributed by atoms with van der Waals surface area (Å²) in [6.45, 7) is 5.30. The molecule has 1 unspecified atom stereocenters. The number of methoxy groups -OCH3 is 2. The molecular formula is C9H20N2O3. The van der Waals surface area contributed by atoms with Gasteiger partial charge < -0.3 is 15.2 Å². The van der Waals surface area contributed by atoms with Crippen LogP contribution in [0.3, 0.4) is 0 Å². The van der Waals surface area contributed by atoms with Crippen molar-refractivity contribution in [1.29, 1.82) is 0 Å². The van der Waals surface area contributed by atoms with Crippen molar-refractivity contribution in [3.05, 3.63) is 0 Å². The highest BCUT2D eigenvalue weighted by atomic mass is 16.7. The smallest absolute Gasteiger partial charge is 0.237 e. The largest absolute Gasteiger partial charge is 0.368 e. The predicted octanol–water partition coefficient (Wildman–Crippen LogP) is -0.153. The van der Waals surface area contributed by atoms with E-state index in [2.05, 4.69) is 5.32 Å². The van der Waals surface area contributed by atoms with Crippen molar-refractivity contribution in [3.8, 4) is 0 Å². The van der Waals surface area contributed by atoms with Gasteiger partial charge in [0.1, 0.15) is 0 Å². The van der Waals surface area contributed by atoms with Gasteiger partial charge in [0.15, 0.2) is 6.29 Å². The number of amides is 1. The molecule has 0 rings (SSSR count). The summed E-state index contributed by atoms with van der Waals surface area (Å²) in [5.41, 5.74) is 4.45. The van der Waals surface area contributed by atoms with E-state index in [-0.39, 0.29) is 6.04 Å². The SMILES string of the molecule is COC(OC)C(C)NC(C)(C)C(N)=O. The average Bonchev–Trinajstić information content (AvgIpc) is 2.05. The van der Waals surface area contributed by atoms with E-state index in [4.69, 9.17) is 15.2 Å². The van der Waals surface area contributed by atoms with Crippen LogP contribution in [0.15, 0.2) is 0 Å². The van der Waals surface area contributed by atoms with Crippen LogP contribution in [0.25, 0.3) is 0 Å². The van der Waals surface area contributed by atoms with E-state index in [1.807, 2.05) is 6.92 Å². The average molecular weight is 204 g/mol. The third kappa shape index (κ3) is 3.61. The number of hydrogen-bond acceptors (Lipinski definition) is 4. The molecule has 0 fully saturated rings. The summed E-state index contributed by atoms with van der Waals surface area (Å²) in [5.74, 6) is -0.407. The van der Waals surface area contributed by atoms with Gasteiger partial charge in [0.25, 0.3) is 0 Å². The number of nitrogens with one attached hydrogen (secondary N) is 1. The van der Waals surface area contributed by atoms with E-state index in [9.17, 15) is 4.79 Å². The Morgan fingerprint density at radius 1 is 1.36 bits per heavy atom. The molecule has 3 N–H and O–H groups in total. The Balaban J connectivity index is 4.29. The lowest BCUT2D eigenvalue weighted by molar-refractivity contribution is -0.132. The second-order valence-electron chi connectivity index (χ2n) is 3.76. The predicted molar refractivity (Wildman–Crippen MR) is 53.7 cm³/mol. The molecule has 0 spiro atoms. The summed E-state index contributed by atoms with van der Waals surface area (Å²) in [5, 5.41) is 3.03. The Bertz CT molecular complexity index is 190. The number of hydrogen-bond donors (Lipinski definition) is 2. The molecule has 0 saturated carbocycles. The van der Waals surface area contributed by atoms with Gasteiger partial charge in [-0.05, 0) is 20.8 Å². The molecule has 0 aromatic carbocycles. The molecule has 14 heavy (non-hydrogen) atoms. The molecule has 0 aromatic rings. The fourth-order valence-corrected chi connectivity index (χ4v) is 1.21. The van der Waals surface area contributed by atoms with Crippen LogP contribution in [-0.4, -0.2) is 38.0 Å². The highest BCUT2D eigenvalue weighted by Crippen LogP contribution is 2.06. The third-order valence-corrected chi connectivity index (χ3v) is 2.08. The van der Waals surface area contributed by atoms with Crippen molar-refractivity contribution in [3.63, 3.8) is 0 Å². The van der Waals surface area contributed by atoms with Crippen LogP contribution in [0, 0.1) is 0 Å². The number of ether oxygens (including phenoxy) is 2. The third-order valence-electron chi connectivity index (χ3n) is 2.08. The van der Waals surface area contributed by atoms with Crippen molar-refractivity contribution < 1.29 is 14.3 Å². The lowest BCUT2D eigenvalue weighted by Crippen LogP contribution is -2.57. The summed E-state index contributed by atoms with van der Waals surface area (Å²) >= 11 is 0. The fourth-order valence-electron chi connectivity index (χ4n) is 1.21. The van der Waals surface area contributed by atoms with Crippen molar-refractivity contribution in [2.75, 3.05) is 14.2 Å². The molecule has 0 aliphatic carbocycles. The normalized spacial score (nSPS) is 14.4. The molecule has 0 saturated heterocycles. The lowest BCUT2D eigenvalue weighted by atomic mass is 10.0. The zero-order chi connectivity index (χ0) is 11.4. The summed E-state index contributed by atoms with van der Waals surface area (Å²) in [6, 6.07) is -0.118. The first-order valence-electron chi connectivity index (χ1n) is 4.48. The molecule has 0 aromatic heterocycles. The second kappa shape index (κ2) is 5.29. The Morgan fingerprint density at radius 2 is 1.79 bits per heavy atom. The maximum Gasteiger partial charge on any atom is 0.237 e. The quantitative estimate of drug-likeness (QED) is 0.590. The first-order valence-corrected chi connectivity index (χ1v) is 4.48. The van der Waals surface area contributed by atoms with Gasteiger partial charge in [0.2, 0.25) is 5.91 Å². The Morgan fingerprint density at radius 3 is 2.07 bits per heavy atom. The Hall–Kier alpha value is -0.650. The van der Waals surface area contributed by atoms with E-state index < -0.39 is 17.7 Å². The molecule has 5 heteroatoms. The molecule has 84 valence electrons. The molecular weight excluding hydrogens is 184 g/mol. The Labute approximate surface area is 84.9 Å². The first kappa shape index (κ1) is 13.4. The molecule has 0 aliphatic heterocycles. The monoisotopic (exact) mass is 204 g/mol. The van der Waals surface area contributed by atoms with Crippen LogP contribution in [0.1, 0.15) is 20.8 Å². The minimum atomic E-state index is -0.769. The standard InChI is InChI=1S/C9H20N2O3/c1-6(7(13-4)14-5)11-9(2,3)8(10)12/h6-7,11H,1-5H3,(H2,10,12). The molecule has 0 bridgehead atoms. The van der Waals surface area contributed by atoms with Crippen LogP contribution in [0.5, 0.6) is 0 Å². The van der Waals surface area contributed by atoms with Crippen molar-refractivity contribution >= 4 is 5.91 Å². The molecule has 5 nitrogen and oxygen atoms in total. The molecule has 0 radical (unpaired) electrons. The fraction of sp³-hybridized carbons (Fsp3) is 0.889. The molecule has 1 amide bonds. The van der Waals surface area contributed by atoms with Gasteiger partial charge in [-0.3, -0.25) is 10.1 Å². The van der Waals surface area contributed by atoms with E-state index in [1.54, 1.807) is 28.1 Å². The van der Waals surface area contributed by atoms with Gasteiger partial charge in [-0.15, -0.1) is 0 Å². The maximum atomic E-state index is 11.0. The van der Waals surface area contributed by atoms with Crippen molar-refractivity contribution in [1.82, 2.24) is 5.32 Å². The van der Waals surface area contributed by atoms with Gasteiger partial charge in [-0.2, -0.15) is 0 Å². The van der Waals surface area contributed by atoms with Gasteiger partial charge in [0, 0.05) is 14.2 Å². The van der Waals surface area contributed by atoms with E-state index in [0.717, 1.165) is 0 Å². The topological polar surface area (TPSA) is 73.6 Å². The summed E-state index contributed by atoms with van der Waals surface area (Å²) in [7, 11) is 3.09. The number of carbonyl (C=O) groups excluding carboxylic acids is 1. The van der Waals surface area contributed by atoms with E-state index >= 15 is 0 Å². The minimum absolute atomic E-state index is 0.118. The van der Waals surface area contributed by atoms with E-state index in [1.165, 1.54) is 0 Å². The van der Waals surface area contributed by atoms with Crippen LogP contribution in [0.2, 0.25) is 0 Å². The highest BCUT2D eigenvalue weighted by molar-refractivity contribution is 5.83. The highest BCUT2D eigenvalue weighted by Gasteiger charge is 2.29. The van der Waals surface area contributed by atoms with Gasteiger partial charge in [-0.1, -0.05) is 0 Å². The number of nitrogens with two attached hydrogens (primary N) is 1. The maximum absolute atomic E-state index is 11.0. The van der Waals surface area contributed by atoms with Crippen molar-refractivity contribution in [2.45, 2.75) is 38.6 Å². The van der Waals surface area contributed by atoms with Gasteiger partial charge in [-0.25, -0.2) is 0 Å². The number of carbonyl (C=O) groups is 1. The minimum Gasteiger partial charge on any atom is -0.368 e. The molecule has 0 aliphatic rings. The number of rotatable bonds is 6. The molecule has 1 atom stereocenters. The summed E-state index contributed by atoms with van der Waals surface area (Å²) in [4.78, 5) is 11.0. The summed E-state index contributed by atoms with van der Waals surface area (Å²) < 4.78 is 10.1. The zero-order valence-corrected chi connectivity index (χ0v) is 9.46. The van der Waals surface area contributed by atoms with Crippen molar-refractivity contribution in [2.24, 2.45) is 5.73 Å². The second-order valence-corrected chi connectivity index (χ2v) is 3.76. The first-order chi connectivity index (χ1) is 6.35. The van der Waals surface area contributed by atoms with Crippen LogP contribution in [0.4, 0.5) is 0 Å². The van der Waals surface area contributed by atoms with Crippen LogP contribution >= 0.6 is 0 Å². The zero-order valence-electron chi connectivity index (χ0n) is 9.46. The van der Waals surface area contributed by atoms with E-state index in [0.29, 0.717) is 0 Å². The van der Waals surface area contributed by atoms with Gasteiger partial charge in [0.05, 0.1) is 11.6 Å². The molecule has 0 heterocycles. The lowest BCUT2D eigenvalue weighted by Gasteiger charge is -2.30.